The Morgan fingerprint density at radius 1 is 1.45 bits per heavy atom. The molecule has 5 nitrogen and oxygen atoms in total. The number of amides is 1. The highest BCUT2D eigenvalue weighted by atomic mass is 79.9. The monoisotopic (exact) mass is 344 g/mol. The maximum absolute atomic E-state index is 12.5. The molecule has 0 unspecified atom stereocenters. The van der Waals surface area contributed by atoms with Crippen molar-refractivity contribution in [3.63, 3.8) is 0 Å². The molecule has 0 spiro atoms. The first-order valence-corrected chi connectivity index (χ1v) is 7.43. The van der Waals surface area contributed by atoms with Crippen molar-refractivity contribution in [2.75, 3.05) is 20.2 Å². The standard InChI is InChI=1S/C14H21BrN2O3/c1-5-16(7-6-13(18)20-4)14(19)12-8-11(15)9-17(12)10(2)3/h8-10H,5-7H2,1-4H3. The second-order valence-corrected chi connectivity index (χ2v) is 5.67. The maximum Gasteiger partial charge on any atom is 0.307 e. The zero-order valence-electron chi connectivity index (χ0n) is 12.4. The summed E-state index contributed by atoms with van der Waals surface area (Å²) in [6.45, 7) is 6.86. The van der Waals surface area contributed by atoms with Crippen LogP contribution in [0, 0.1) is 0 Å². The molecule has 0 fully saturated rings. The van der Waals surface area contributed by atoms with Crippen LogP contribution in [-0.2, 0) is 9.53 Å². The Kier molecular flexibility index (Phi) is 6.26. The summed E-state index contributed by atoms with van der Waals surface area (Å²) >= 11 is 3.40. The smallest absolute Gasteiger partial charge is 0.307 e. The molecule has 20 heavy (non-hydrogen) atoms. The molecule has 0 aliphatic carbocycles. The number of nitrogens with zero attached hydrogens (tertiary/aromatic N) is 2. The third-order valence-corrected chi connectivity index (χ3v) is 3.51. The van der Waals surface area contributed by atoms with Gasteiger partial charge in [0.1, 0.15) is 5.69 Å². The van der Waals surface area contributed by atoms with Crippen LogP contribution in [-0.4, -0.2) is 41.5 Å². The van der Waals surface area contributed by atoms with Gasteiger partial charge in [-0.05, 0) is 42.8 Å². The topological polar surface area (TPSA) is 51.5 Å². The molecule has 0 atom stereocenters. The van der Waals surface area contributed by atoms with E-state index in [0.29, 0.717) is 18.8 Å². The van der Waals surface area contributed by atoms with Crippen molar-refractivity contribution in [2.45, 2.75) is 33.2 Å². The first-order valence-electron chi connectivity index (χ1n) is 6.64. The van der Waals surface area contributed by atoms with Crippen LogP contribution >= 0.6 is 15.9 Å². The fraction of sp³-hybridized carbons (Fsp3) is 0.571. The molecule has 0 aromatic carbocycles. The number of hydrogen-bond donors (Lipinski definition) is 0. The van der Waals surface area contributed by atoms with Gasteiger partial charge in [-0.2, -0.15) is 0 Å². The van der Waals surface area contributed by atoms with E-state index >= 15 is 0 Å². The first kappa shape index (κ1) is 16.8. The molecule has 0 saturated carbocycles. The number of halogens is 1. The molecule has 0 aliphatic heterocycles. The molecule has 1 rings (SSSR count). The number of hydrogen-bond acceptors (Lipinski definition) is 3. The van der Waals surface area contributed by atoms with Gasteiger partial charge in [0.25, 0.3) is 5.91 Å². The molecule has 0 N–H and O–H groups in total. The fourth-order valence-electron chi connectivity index (χ4n) is 1.94. The number of ether oxygens (including phenoxy) is 1. The van der Waals surface area contributed by atoms with E-state index in [4.69, 9.17) is 0 Å². The number of rotatable bonds is 6. The molecule has 1 aromatic rings. The van der Waals surface area contributed by atoms with Gasteiger partial charge in [0.15, 0.2) is 0 Å². The second-order valence-electron chi connectivity index (χ2n) is 4.76. The number of aromatic nitrogens is 1. The zero-order chi connectivity index (χ0) is 15.3. The van der Waals surface area contributed by atoms with Crippen LogP contribution in [0.25, 0.3) is 0 Å². The molecule has 0 bridgehead atoms. The van der Waals surface area contributed by atoms with Crippen molar-refractivity contribution in [2.24, 2.45) is 0 Å². The van der Waals surface area contributed by atoms with Gasteiger partial charge >= 0.3 is 5.97 Å². The molecule has 0 radical (unpaired) electrons. The average molecular weight is 345 g/mol. The highest BCUT2D eigenvalue weighted by Gasteiger charge is 2.20. The van der Waals surface area contributed by atoms with E-state index in [1.165, 1.54) is 7.11 Å². The Balaban J connectivity index is 2.88. The third kappa shape index (κ3) is 4.10. The Labute approximate surface area is 128 Å². The Morgan fingerprint density at radius 2 is 2.10 bits per heavy atom. The van der Waals surface area contributed by atoms with Crippen LogP contribution in [0.5, 0.6) is 0 Å². The minimum absolute atomic E-state index is 0.0733. The van der Waals surface area contributed by atoms with Crippen molar-refractivity contribution in [1.29, 1.82) is 0 Å². The Bertz CT molecular complexity index is 483. The summed E-state index contributed by atoms with van der Waals surface area (Å²) in [6.07, 6.45) is 2.10. The van der Waals surface area contributed by atoms with Gasteiger partial charge in [0.05, 0.1) is 13.5 Å². The molecule has 0 aliphatic rings. The first-order chi connectivity index (χ1) is 9.40. The van der Waals surface area contributed by atoms with E-state index in [0.717, 1.165) is 4.47 Å². The SMILES string of the molecule is CCN(CCC(=O)OC)C(=O)c1cc(Br)cn1C(C)C. The summed E-state index contributed by atoms with van der Waals surface area (Å²) in [4.78, 5) is 25.4. The van der Waals surface area contributed by atoms with Gasteiger partial charge < -0.3 is 14.2 Å². The van der Waals surface area contributed by atoms with Crippen molar-refractivity contribution in [3.8, 4) is 0 Å². The van der Waals surface area contributed by atoms with Crippen LogP contribution in [0.15, 0.2) is 16.7 Å². The van der Waals surface area contributed by atoms with Crippen molar-refractivity contribution >= 4 is 27.8 Å². The lowest BCUT2D eigenvalue weighted by molar-refractivity contribution is -0.140. The van der Waals surface area contributed by atoms with E-state index < -0.39 is 0 Å². The summed E-state index contributed by atoms with van der Waals surface area (Å²) < 4.78 is 7.40. The predicted molar refractivity (Wildman–Crippen MR) is 80.7 cm³/mol. The van der Waals surface area contributed by atoms with Crippen molar-refractivity contribution in [1.82, 2.24) is 9.47 Å². The van der Waals surface area contributed by atoms with Crippen LogP contribution in [0.1, 0.15) is 43.7 Å². The molecule has 1 aromatic heterocycles. The van der Waals surface area contributed by atoms with Crippen molar-refractivity contribution < 1.29 is 14.3 Å². The fourth-order valence-corrected chi connectivity index (χ4v) is 2.38. The molecule has 0 saturated heterocycles. The lowest BCUT2D eigenvalue weighted by Crippen LogP contribution is -2.34. The van der Waals surface area contributed by atoms with Gasteiger partial charge in [-0.15, -0.1) is 0 Å². The van der Waals surface area contributed by atoms with E-state index in [1.54, 1.807) is 4.90 Å². The molecular formula is C14H21BrN2O3. The van der Waals surface area contributed by atoms with E-state index in [2.05, 4.69) is 20.7 Å². The van der Waals surface area contributed by atoms with E-state index in [9.17, 15) is 9.59 Å². The van der Waals surface area contributed by atoms with Crippen LogP contribution in [0.3, 0.4) is 0 Å². The van der Waals surface area contributed by atoms with Gasteiger partial charge in [-0.25, -0.2) is 0 Å². The van der Waals surface area contributed by atoms with Crippen molar-refractivity contribution in [3.05, 3.63) is 22.4 Å². The summed E-state index contributed by atoms with van der Waals surface area (Å²) in [5, 5.41) is 0. The van der Waals surface area contributed by atoms with Gasteiger partial charge in [-0.1, -0.05) is 0 Å². The summed E-state index contributed by atoms with van der Waals surface area (Å²) in [5.74, 6) is -0.382. The average Bonchev–Trinajstić information content (AvgIpc) is 2.81. The van der Waals surface area contributed by atoms with Crippen LogP contribution in [0.2, 0.25) is 0 Å². The third-order valence-electron chi connectivity index (χ3n) is 3.07. The Morgan fingerprint density at radius 3 is 2.60 bits per heavy atom. The van der Waals surface area contributed by atoms with Gasteiger partial charge in [-0.3, -0.25) is 9.59 Å². The van der Waals surface area contributed by atoms with Gasteiger partial charge in [0.2, 0.25) is 0 Å². The van der Waals surface area contributed by atoms with Gasteiger partial charge in [0, 0.05) is 29.8 Å². The maximum atomic E-state index is 12.5. The minimum atomic E-state index is -0.309. The lowest BCUT2D eigenvalue weighted by atomic mass is 10.3. The highest BCUT2D eigenvalue weighted by Crippen LogP contribution is 2.20. The predicted octanol–water partition coefficient (Wildman–Crippen LogP) is 2.86. The van der Waals surface area contributed by atoms with E-state index in [-0.39, 0.29) is 24.3 Å². The summed E-state index contributed by atoms with van der Waals surface area (Å²) in [7, 11) is 1.35. The molecule has 112 valence electrons. The lowest BCUT2D eigenvalue weighted by Gasteiger charge is -2.22. The molecule has 6 heteroatoms. The Hall–Kier alpha value is -1.30. The van der Waals surface area contributed by atoms with Crippen LogP contribution in [0.4, 0.5) is 0 Å². The summed E-state index contributed by atoms with van der Waals surface area (Å²) in [5.41, 5.74) is 0.624. The molecular weight excluding hydrogens is 324 g/mol. The highest BCUT2D eigenvalue weighted by molar-refractivity contribution is 9.10. The molecule has 1 amide bonds. The second kappa shape index (κ2) is 7.47. The summed E-state index contributed by atoms with van der Waals surface area (Å²) in [6, 6.07) is 2.00. The number of methoxy groups -OCH3 is 1. The molecule has 1 heterocycles. The number of esters is 1. The van der Waals surface area contributed by atoms with Crippen LogP contribution < -0.4 is 0 Å². The quantitative estimate of drug-likeness (QED) is 0.745. The van der Waals surface area contributed by atoms with E-state index in [1.807, 2.05) is 37.6 Å². The normalized spacial score (nSPS) is 10.7. The largest absolute Gasteiger partial charge is 0.469 e. The number of carbonyl (C=O) groups excluding carboxylic acids is 2. The minimum Gasteiger partial charge on any atom is -0.469 e. The zero-order valence-corrected chi connectivity index (χ0v) is 13.9. The number of carbonyl (C=O) groups is 2.